The van der Waals surface area contributed by atoms with Crippen LogP contribution in [0.5, 0.6) is 5.75 Å². The van der Waals surface area contributed by atoms with Gasteiger partial charge in [-0.25, -0.2) is 8.42 Å². The van der Waals surface area contributed by atoms with Crippen molar-refractivity contribution in [3.8, 4) is 5.75 Å². The molecule has 0 saturated heterocycles. The molecule has 1 amide bonds. The van der Waals surface area contributed by atoms with Gasteiger partial charge in [0.25, 0.3) is 5.91 Å². The lowest BCUT2D eigenvalue weighted by Gasteiger charge is -2.34. The standard InChI is InChI=1S/C20H25N3O4S/c1-15-8-10-16(11-9-15)22(2)13-12-21-20(24)19-14-23(28(3,25)26)17-6-4-5-7-18(17)27-19/h4-11,19H,12-14H2,1-3H3,(H,21,24). The first-order chi connectivity index (χ1) is 13.3. The molecule has 1 unspecified atom stereocenters. The molecule has 2 aromatic carbocycles. The zero-order valence-electron chi connectivity index (χ0n) is 16.3. The van der Waals surface area contributed by atoms with Crippen LogP contribution in [0.3, 0.4) is 0 Å². The van der Waals surface area contributed by atoms with E-state index < -0.39 is 16.1 Å². The summed E-state index contributed by atoms with van der Waals surface area (Å²) in [6.45, 7) is 3.03. The number of carbonyl (C=O) groups is 1. The van der Waals surface area contributed by atoms with E-state index in [2.05, 4.69) is 5.32 Å². The van der Waals surface area contributed by atoms with Gasteiger partial charge in [0.1, 0.15) is 5.75 Å². The van der Waals surface area contributed by atoms with Crippen molar-refractivity contribution in [2.75, 3.05) is 42.1 Å². The maximum atomic E-state index is 12.6. The Balaban J connectivity index is 1.61. The number of fused-ring (bicyclic) bond motifs is 1. The first-order valence-electron chi connectivity index (χ1n) is 9.04. The van der Waals surface area contributed by atoms with E-state index in [4.69, 9.17) is 4.74 Å². The lowest BCUT2D eigenvalue weighted by atomic mass is 10.2. The first-order valence-corrected chi connectivity index (χ1v) is 10.9. The predicted octanol–water partition coefficient (Wildman–Crippen LogP) is 1.77. The molecule has 150 valence electrons. The molecule has 8 heteroatoms. The Morgan fingerprint density at radius 1 is 1.21 bits per heavy atom. The number of hydrogen-bond acceptors (Lipinski definition) is 5. The highest BCUT2D eigenvalue weighted by Crippen LogP contribution is 2.34. The smallest absolute Gasteiger partial charge is 0.263 e. The number of ether oxygens (including phenoxy) is 1. The zero-order valence-corrected chi connectivity index (χ0v) is 17.1. The third kappa shape index (κ3) is 4.56. The molecular weight excluding hydrogens is 378 g/mol. The van der Waals surface area contributed by atoms with Crippen LogP contribution in [0.25, 0.3) is 0 Å². The third-order valence-electron chi connectivity index (χ3n) is 4.65. The number of likely N-dealkylation sites (N-methyl/N-ethyl adjacent to an activating group) is 1. The molecule has 0 aliphatic carbocycles. The van der Waals surface area contributed by atoms with E-state index in [0.717, 1.165) is 11.9 Å². The molecule has 1 N–H and O–H groups in total. The first kappa shape index (κ1) is 20.0. The second-order valence-corrected chi connectivity index (χ2v) is 8.82. The van der Waals surface area contributed by atoms with Gasteiger partial charge in [-0.2, -0.15) is 0 Å². The van der Waals surface area contributed by atoms with E-state index in [1.54, 1.807) is 24.3 Å². The number of nitrogens with one attached hydrogen (secondary N) is 1. The van der Waals surface area contributed by atoms with Crippen LogP contribution in [-0.2, 0) is 14.8 Å². The van der Waals surface area contributed by atoms with Crippen LogP contribution < -0.4 is 19.3 Å². The summed E-state index contributed by atoms with van der Waals surface area (Å²) in [5.74, 6) is 0.0524. The van der Waals surface area contributed by atoms with Crippen LogP contribution in [0, 0.1) is 6.92 Å². The van der Waals surface area contributed by atoms with E-state index in [0.29, 0.717) is 24.5 Å². The molecule has 1 heterocycles. The largest absolute Gasteiger partial charge is 0.476 e. The molecule has 0 fully saturated rings. The number of aryl methyl sites for hydroxylation is 1. The highest BCUT2D eigenvalue weighted by atomic mass is 32.2. The Bertz CT molecular complexity index is 944. The maximum absolute atomic E-state index is 12.6. The Hall–Kier alpha value is -2.74. The minimum Gasteiger partial charge on any atom is -0.476 e. The molecule has 0 spiro atoms. The molecule has 0 bridgehead atoms. The van der Waals surface area contributed by atoms with Gasteiger partial charge in [0, 0.05) is 25.8 Å². The molecule has 7 nitrogen and oxygen atoms in total. The number of para-hydroxylation sites is 2. The molecule has 1 aliphatic heterocycles. The summed E-state index contributed by atoms with van der Waals surface area (Å²) in [7, 11) is -1.56. The maximum Gasteiger partial charge on any atom is 0.263 e. The molecule has 1 atom stereocenters. The zero-order chi connectivity index (χ0) is 20.3. The van der Waals surface area contributed by atoms with Crippen LogP contribution in [0.4, 0.5) is 11.4 Å². The summed E-state index contributed by atoms with van der Waals surface area (Å²) in [5, 5.41) is 2.84. The average molecular weight is 404 g/mol. The van der Waals surface area contributed by atoms with Gasteiger partial charge in [0.05, 0.1) is 18.5 Å². The Labute approximate surface area is 166 Å². The van der Waals surface area contributed by atoms with Crippen LogP contribution in [0.1, 0.15) is 5.56 Å². The van der Waals surface area contributed by atoms with Crippen molar-refractivity contribution in [2.45, 2.75) is 13.0 Å². The highest BCUT2D eigenvalue weighted by molar-refractivity contribution is 7.92. The van der Waals surface area contributed by atoms with Gasteiger partial charge in [-0.05, 0) is 31.2 Å². The van der Waals surface area contributed by atoms with Crippen molar-refractivity contribution in [2.24, 2.45) is 0 Å². The monoisotopic (exact) mass is 403 g/mol. The summed E-state index contributed by atoms with van der Waals surface area (Å²) in [6, 6.07) is 15.0. The number of nitrogens with zero attached hydrogens (tertiary/aromatic N) is 2. The lowest BCUT2D eigenvalue weighted by Crippen LogP contribution is -2.51. The Morgan fingerprint density at radius 3 is 2.57 bits per heavy atom. The van der Waals surface area contributed by atoms with Gasteiger partial charge in [-0.15, -0.1) is 0 Å². The Kier molecular flexibility index (Phi) is 5.79. The van der Waals surface area contributed by atoms with Gasteiger partial charge in [-0.1, -0.05) is 29.8 Å². The molecule has 1 aliphatic rings. The van der Waals surface area contributed by atoms with E-state index in [9.17, 15) is 13.2 Å². The summed E-state index contributed by atoms with van der Waals surface area (Å²) < 4.78 is 31.2. The van der Waals surface area contributed by atoms with Crippen LogP contribution in [0.2, 0.25) is 0 Å². The fourth-order valence-corrected chi connectivity index (χ4v) is 3.96. The van der Waals surface area contributed by atoms with E-state index in [1.165, 1.54) is 9.87 Å². The topological polar surface area (TPSA) is 79.0 Å². The molecule has 0 saturated carbocycles. The van der Waals surface area contributed by atoms with Crippen molar-refractivity contribution in [3.63, 3.8) is 0 Å². The number of carbonyl (C=O) groups excluding carboxylic acids is 1. The number of rotatable bonds is 6. The van der Waals surface area contributed by atoms with E-state index in [-0.39, 0.29) is 12.5 Å². The van der Waals surface area contributed by atoms with Crippen LogP contribution >= 0.6 is 0 Å². The number of hydrogen-bond donors (Lipinski definition) is 1. The van der Waals surface area contributed by atoms with Gasteiger partial charge in [-0.3, -0.25) is 9.10 Å². The third-order valence-corrected chi connectivity index (χ3v) is 5.80. The Morgan fingerprint density at radius 2 is 1.89 bits per heavy atom. The molecular formula is C20H25N3O4S. The van der Waals surface area contributed by atoms with Crippen LogP contribution in [-0.4, -0.2) is 53.4 Å². The van der Waals surface area contributed by atoms with E-state index in [1.807, 2.05) is 43.1 Å². The van der Waals surface area contributed by atoms with E-state index >= 15 is 0 Å². The SMILES string of the molecule is Cc1ccc(N(C)CCNC(=O)C2CN(S(C)(=O)=O)c3ccccc3O2)cc1. The van der Waals surface area contributed by atoms with Gasteiger partial charge in [0.15, 0.2) is 6.10 Å². The number of amides is 1. The second-order valence-electron chi connectivity index (χ2n) is 6.92. The molecule has 28 heavy (non-hydrogen) atoms. The molecule has 3 rings (SSSR count). The summed E-state index contributed by atoms with van der Waals surface area (Å²) >= 11 is 0. The fraction of sp³-hybridized carbons (Fsp3) is 0.350. The van der Waals surface area contributed by atoms with Crippen molar-refractivity contribution in [1.82, 2.24) is 5.32 Å². The lowest BCUT2D eigenvalue weighted by molar-refractivity contribution is -0.127. The van der Waals surface area contributed by atoms with Crippen molar-refractivity contribution in [1.29, 1.82) is 0 Å². The fourth-order valence-electron chi connectivity index (χ4n) is 3.04. The molecule has 2 aromatic rings. The molecule has 0 aromatic heterocycles. The molecule has 0 radical (unpaired) electrons. The van der Waals surface area contributed by atoms with Gasteiger partial charge < -0.3 is 15.0 Å². The number of sulfonamides is 1. The number of anilines is 2. The number of benzene rings is 2. The van der Waals surface area contributed by atoms with Crippen molar-refractivity contribution < 1.29 is 17.9 Å². The predicted molar refractivity (Wildman–Crippen MR) is 111 cm³/mol. The van der Waals surface area contributed by atoms with Crippen molar-refractivity contribution >= 4 is 27.3 Å². The summed E-state index contributed by atoms with van der Waals surface area (Å²) in [4.78, 5) is 14.6. The van der Waals surface area contributed by atoms with Gasteiger partial charge in [0.2, 0.25) is 10.0 Å². The normalized spacial score (nSPS) is 16.1. The van der Waals surface area contributed by atoms with Crippen molar-refractivity contribution in [3.05, 3.63) is 54.1 Å². The summed E-state index contributed by atoms with van der Waals surface area (Å²) in [5.41, 5.74) is 2.70. The minimum atomic E-state index is -3.51. The quantitative estimate of drug-likeness (QED) is 0.795. The van der Waals surface area contributed by atoms with Crippen LogP contribution in [0.15, 0.2) is 48.5 Å². The summed E-state index contributed by atoms with van der Waals surface area (Å²) in [6.07, 6.45) is 0.231. The average Bonchev–Trinajstić information content (AvgIpc) is 2.66. The minimum absolute atomic E-state index is 0.0461. The highest BCUT2D eigenvalue weighted by Gasteiger charge is 2.34. The second kappa shape index (κ2) is 8.10. The van der Waals surface area contributed by atoms with Gasteiger partial charge >= 0.3 is 0 Å².